The summed E-state index contributed by atoms with van der Waals surface area (Å²) in [6, 6.07) is 8.29. The van der Waals surface area contributed by atoms with E-state index in [4.69, 9.17) is 0 Å². The predicted molar refractivity (Wildman–Crippen MR) is 81.1 cm³/mol. The van der Waals surface area contributed by atoms with E-state index in [0.717, 1.165) is 18.5 Å². The standard InChI is InChI=1S/C17H22N2O/c20-19-13-14-6-2-3-7-15(14)18-11-10-17(12-16(18)19)8-4-1-5-9-17/h2-3,6-7,13,16H,1,4-5,8-12H2. The van der Waals surface area contributed by atoms with E-state index in [0.29, 0.717) is 5.41 Å². The van der Waals surface area contributed by atoms with Crippen molar-refractivity contribution in [3.63, 3.8) is 0 Å². The van der Waals surface area contributed by atoms with Gasteiger partial charge in [0, 0.05) is 13.0 Å². The SMILES string of the molecule is [O-][N+]1=Cc2ccccc2N2CCC3(CCCCC3)CC21. The molecule has 1 spiro atoms. The second-order valence-corrected chi connectivity index (χ2v) is 6.74. The highest BCUT2D eigenvalue weighted by Crippen LogP contribution is 2.48. The molecular formula is C17H22N2O. The number of para-hydroxylation sites is 1. The lowest BCUT2D eigenvalue weighted by atomic mass is 9.67. The van der Waals surface area contributed by atoms with Crippen LogP contribution in [0.4, 0.5) is 5.69 Å². The van der Waals surface area contributed by atoms with Gasteiger partial charge in [0.25, 0.3) is 0 Å². The van der Waals surface area contributed by atoms with E-state index in [9.17, 15) is 5.21 Å². The molecule has 106 valence electrons. The van der Waals surface area contributed by atoms with Crippen molar-refractivity contribution in [2.24, 2.45) is 5.41 Å². The molecule has 1 atom stereocenters. The molecule has 3 aliphatic rings. The van der Waals surface area contributed by atoms with Crippen molar-refractivity contribution in [3.8, 4) is 0 Å². The van der Waals surface area contributed by atoms with E-state index < -0.39 is 0 Å². The van der Waals surface area contributed by atoms with Gasteiger partial charge in [0.05, 0.1) is 11.3 Å². The Bertz CT molecular complexity index is 546. The molecule has 1 aliphatic carbocycles. The molecule has 4 rings (SSSR count). The maximum absolute atomic E-state index is 12.4. The van der Waals surface area contributed by atoms with E-state index in [1.165, 1.54) is 49.0 Å². The average Bonchev–Trinajstić information content (AvgIpc) is 2.49. The van der Waals surface area contributed by atoms with Crippen LogP contribution in [0.2, 0.25) is 0 Å². The second kappa shape index (κ2) is 4.51. The maximum Gasteiger partial charge on any atom is 0.239 e. The molecule has 1 saturated heterocycles. The van der Waals surface area contributed by atoms with Gasteiger partial charge in [0.1, 0.15) is 0 Å². The number of anilines is 1. The molecule has 0 amide bonds. The van der Waals surface area contributed by atoms with Gasteiger partial charge in [-0.3, -0.25) is 0 Å². The van der Waals surface area contributed by atoms with Crippen LogP contribution in [0.25, 0.3) is 0 Å². The Morgan fingerprint density at radius 3 is 2.75 bits per heavy atom. The van der Waals surface area contributed by atoms with Crippen LogP contribution in [0.3, 0.4) is 0 Å². The molecule has 2 heterocycles. The molecule has 0 aromatic heterocycles. The number of benzene rings is 1. The van der Waals surface area contributed by atoms with Gasteiger partial charge in [-0.2, -0.15) is 4.74 Å². The first-order valence-electron chi connectivity index (χ1n) is 7.94. The fourth-order valence-corrected chi connectivity index (χ4v) is 4.45. The van der Waals surface area contributed by atoms with Gasteiger partial charge in [-0.15, -0.1) is 0 Å². The summed E-state index contributed by atoms with van der Waals surface area (Å²) >= 11 is 0. The highest BCUT2D eigenvalue weighted by atomic mass is 16.5. The van der Waals surface area contributed by atoms with Gasteiger partial charge in [0.15, 0.2) is 6.21 Å². The lowest BCUT2D eigenvalue weighted by Gasteiger charge is -2.48. The molecular weight excluding hydrogens is 248 g/mol. The van der Waals surface area contributed by atoms with Crippen LogP contribution < -0.4 is 4.90 Å². The Morgan fingerprint density at radius 1 is 1.10 bits per heavy atom. The summed E-state index contributed by atoms with van der Waals surface area (Å²) in [6.07, 6.45) is 10.9. The van der Waals surface area contributed by atoms with Crippen LogP contribution in [-0.2, 0) is 0 Å². The molecule has 0 bridgehead atoms. The fraction of sp³-hybridized carbons (Fsp3) is 0.588. The zero-order chi connectivity index (χ0) is 13.6. The van der Waals surface area contributed by atoms with E-state index in [-0.39, 0.29) is 6.17 Å². The molecule has 1 saturated carbocycles. The van der Waals surface area contributed by atoms with Crippen molar-refractivity contribution in [1.82, 2.24) is 0 Å². The van der Waals surface area contributed by atoms with Crippen LogP contribution in [0.5, 0.6) is 0 Å². The van der Waals surface area contributed by atoms with E-state index in [1.54, 1.807) is 6.21 Å². The Labute approximate surface area is 120 Å². The molecule has 3 nitrogen and oxygen atoms in total. The first-order valence-corrected chi connectivity index (χ1v) is 7.94. The number of nitrogens with zero attached hydrogens (tertiary/aromatic N) is 2. The summed E-state index contributed by atoms with van der Waals surface area (Å²) in [4.78, 5) is 2.34. The van der Waals surface area contributed by atoms with Crippen LogP contribution in [0, 0.1) is 10.6 Å². The largest absolute Gasteiger partial charge is 0.622 e. The molecule has 3 heteroatoms. The molecule has 1 unspecified atom stereocenters. The number of hydrogen-bond acceptors (Lipinski definition) is 2. The van der Waals surface area contributed by atoms with Crippen molar-refractivity contribution < 1.29 is 4.74 Å². The van der Waals surface area contributed by atoms with Crippen LogP contribution >= 0.6 is 0 Å². The minimum absolute atomic E-state index is 0.0248. The summed E-state index contributed by atoms with van der Waals surface area (Å²) in [5, 5.41) is 12.4. The maximum atomic E-state index is 12.4. The summed E-state index contributed by atoms with van der Waals surface area (Å²) in [6.45, 7) is 1.04. The van der Waals surface area contributed by atoms with Gasteiger partial charge < -0.3 is 10.1 Å². The Kier molecular flexibility index (Phi) is 2.76. The summed E-state index contributed by atoms with van der Waals surface area (Å²) < 4.78 is 1.21. The molecule has 0 radical (unpaired) electrons. The summed E-state index contributed by atoms with van der Waals surface area (Å²) in [5.41, 5.74) is 2.76. The smallest absolute Gasteiger partial charge is 0.239 e. The minimum Gasteiger partial charge on any atom is -0.622 e. The van der Waals surface area contributed by atoms with E-state index >= 15 is 0 Å². The number of hydrogen-bond donors (Lipinski definition) is 0. The fourth-order valence-electron chi connectivity index (χ4n) is 4.45. The molecule has 1 aromatic rings. The first kappa shape index (κ1) is 12.2. The molecule has 2 aliphatic heterocycles. The monoisotopic (exact) mass is 270 g/mol. The van der Waals surface area contributed by atoms with Crippen LogP contribution in [0.1, 0.15) is 50.5 Å². The first-order chi connectivity index (χ1) is 9.77. The molecule has 0 N–H and O–H groups in total. The third-order valence-electron chi connectivity index (χ3n) is 5.58. The quantitative estimate of drug-likeness (QED) is 0.533. The number of hydroxylamine groups is 1. The minimum atomic E-state index is 0.0248. The third kappa shape index (κ3) is 1.83. The van der Waals surface area contributed by atoms with Crippen molar-refractivity contribution in [1.29, 1.82) is 0 Å². The van der Waals surface area contributed by atoms with Crippen molar-refractivity contribution in [2.45, 2.75) is 51.1 Å². The van der Waals surface area contributed by atoms with Gasteiger partial charge in [-0.1, -0.05) is 31.4 Å². The van der Waals surface area contributed by atoms with Gasteiger partial charge in [-0.25, -0.2) is 0 Å². The van der Waals surface area contributed by atoms with Gasteiger partial charge in [-0.05, 0) is 36.8 Å². The summed E-state index contributed by atoms with van der Waals surface area (Å²) in [7, 11) is 0. The zero-order valence-corrected chi connectivity index (χ0v) is 11.9. The summed E-state index contributed by atoms with van der Waals surface area (Å²) in [5.74, 6) is 0. The Hall–Kier alpha value is -1.51. The zero-order valence-electron chi connectivity index (χ0n) is 11.9. The molecule has 20 heavy (non-hydrogen) atoms. The average molecular weight is 270 g/mol. The normalized spacial score (nSPS) is 27.7. The van der Waals surface area contributed by atoms with Crippen molar-refractivity contribution >= 4 is 11.9 Å². The van der Waals surface area contributed by atoms with Crippen LogP contribution in [-0.4, -0.2) is 23.7 Å². The van der Waals surface area contributed by atoms with Gasteiger partial charge in [0.2, 0.25) is 6.17 Å². The lowest BCUT2D eigenvalue weighted by molar-refractivity contribution is -0.504. The van der Waals surface area contributed by atoms with Crippen LogP contribution in [0.15, 0.2) is 24.3 Å². The van der Waals surface area contributed by atoms with E-state index in [1.807, 2.05) is 12.1 Å². The lowest BCUT2D eigenvalue weighted by Crippen LogP contribution is -2.54. The highest BCUT2D eigenvalue weighted by Gasteiger charge is 2.45. The Morgan fingerprint density at radius 2 is 1.90 bits per heavy atom. The predicted octanol–water partition coefficient (Wildman–Crippen LogP) is 3.51. The Balaban J connectivity index is 1.67. The number of piperidine rings is 1. The second-order valence-electron chi connectivity index (χ2n) is 6.74. The third-order valence-corrected chi connectivity index (χ3v) is 5.58. The van der Waals surface area contributed by atoms with E-state index in [2.05, 4.69) is 17.0 Å². The van der Waals surface area contributed by atoms with Gasteiger partial charge >= 0.3 is 0 Å². The number of fused-ring (bicyclic) bond motifs is 3. The van der Waals surface area contributed by atoms with Crippen molar-refractivity contribution in [3.05, 3.63) is 35.0 Å². The van der Waals surface area contributed by atoms with Crippen molar-refractivity contribution in [2.75, 3.05) is 11.4 Å². The number of rotatable bonds is 0. The topological polar surface area (TPSA) is 29.3 Å². The molecule has 1 aromatic carbocycles. The molecule has 2 fully saturated rings. The highest BCUT2D eigenvalue weighted by molar-refractivity contribution is 5.86.